The highest BCUT2D eigenvalue weighted by Gasteiger charge is 2.22. The van der Waals surface area contributed by atoms with Crippen molar-refractivity contribution in [1.82, 2.24) is 9.80 Å². The zero-order chi connectivity index (χ0) is 16.0. The van der Waals surface area contributed by atoms with Crippen LogP contribution in [0, 0.1) is 0 Å². The fourth-order valence-electron chi connectivity index (χ4n) is 1.77. The normalized spacial score (nSPS) is 10.5. The van der Waals surface area contributed by atoms with E-state index >= 15 is 0 Å². The third-order valence-corrected chi connectivity index (χ3v) is 2.88. The summed E-state index contributed by atoms with van der Waals surface area (Å²) in [6.07, 6.45) is 0. The predicted octanol–water partition coefficient (Wildman–Crippen LogP) is 0.489. The number of phenols is 1. The van der Waals surface area contributed by atoms with Crippen molar-refractivity contribution >= 4 is 11.9 Å². The van der Waals surface area contributed by atoms with Crippen molar-refractivity contribution < 1.29 is 24.5 Å². The zero-order valence-corrected chi connectivity index (χ0v) is 12.4. The van der Waals surface area contributed by atoms with E-state index in [2.05, 4.69) is 0 Å². The SMILES string of the molecule is COc1cccc(C(=O)N(CCN(C)C)CC(=O)O)c1O. The number of likely N-dealkylation sites (N-methyl/N-ethyl adjacent to an activating group) is 1. The molecule has 0 unspecified atom stereocenters. The Bertz CT molecular complexity index is 516. The van der Waals surface area contributed by atoms with Crippen LogP contribution in [0.25, 0.3) is 0 Å². The highest BCUT2D eigenvalue weighted by Crippen LogP contribution is 2.30. The lowest BCUT2D eigenvalue weighted by Gasteiger charge is -2.23. The van der Waals surface area contributed by atoms with Gasteiger partial charge in [-0.2, -0.15) is 0 Å². The lowest BCUT2D eigenvalue weighted by atomic mass is 10.1. The number of benzene rings is 1. The van der Waals surface area contributed by atoms with Gasteiger partial charge in [0.05, 0.1) is 12.7 Å². The van der Waals surface area contributed by atoms with Crippen molar-refractivity contribution in [1.29, 1.82) is 0 Å². The first-order valence-electron chi connectivity index (χ1n) is 6.38. The molecule has 0 saturated carbocycles. The van der Waals surface area contributed by atoms with E-state index in [4.69, 9.17) is 9.84 Å². The number of carbonyl (C=O) groups is 2. The molecule has 0 saturated heterocycles. The van der Waals surface area contributed by atoms with Gasteiger partial charge in [-0.05, 0) is 26.2 Å². The third-order valence-electron chi connectivity index (χ3n) is 2.88. The topological polar surface area (TPSA) is 90.3 Å². The van der Waals surface area contributed by atoms with Crippen molar-refractivity contribution in [3.05, 3.63) is 23.8 Å². The number of carboxylic acid groups (broad SMARTS) is 1. The summed E-state index contributed by atoms with van der Waals surface area (Å²) in [4.78, 5) is 26.3. The number of hydrogen-bond acceptors (Lipinski definition) is 5. The fraction of sp³-hybridized carbons (Fsp3) is 0.429. The summed E-state index contributed by atoms with van der Waals surface area (Å²) in [5.74, 6) is -1.77. The molecule has 0 aliphatic rings. The molecule has 116 valence electrons. The van der Waals surface area contributed by atoms with Crippen LogP contribution in [0.4, 0.5) is 0 Å². The van der Waals surface area contributed by atoms with Crippen molar-refractivity contribution in [3.8, 4) is 11.5 Å². The van der Waals surface area contributed by atoms with E-state index in [1.165, 1.54) is 24.1 Å². The zero-order valence-electron chi connectivity index (χ0n) is 12.4. The first-order chi connectivity index (χ1) is 9.86. The van der Waals surface area contributed by atoms with Crippen LogP contribution in [0.2, 0.25) is 0 Å². The highest BCUT2D eigenvalue weighted by atomic mass is 16.5. The van der Waals surface area contributed by atoms with Gasteiger partial charge < -0.3 is 24.7 Å². The average Bonchev–Trinajstić information content (AvgIpc) is 2.42. The van der Waals surface area contributed by atoms with Gasteiger partial charge in [0.2, 0.25) is 0 Å². The first-order valence-corrected chi connectivity index (χ1v) is 6.38. The second kappa shape index (κ2) is 7.49. The molecule has 1 rings (SSSR count). The number of carboxylic acids is 1. The lowest BCUT2D eigenvalue weighted by Crippen LogP contribution is -2.40. The molecule has 0 bridgehead atoms. The van der Waals surface area contributed by atoms with Crippen LogP contribution in [0.5, 0.6) is 11.5 Å². The van der Waals surface area contributed by atoms with Crippen LogP contribution in [0.1, 0.15) is 10.4 Å². The summed E-state index contributed by atoms with van der Waals surface area (Å²) in [6.45, 7) is 0.335. The highest BCUT2D eigenvalue weighted by molar-refractivity contribution is 5.98. The summed E-state index contributed by atoms with van der Waals surface area (Å²) in [5, 5.41) is 18.9. The Kier molecular flexibility index (Phi) is 5.98. The minimum Gasteiger partial charge on any atom is -0.504 e. The Labute approximate surface area is 123 Å². The fourth-order valence-corrected chi connectivity index (χ4v) is 1.77. The number of phenolic OH excluding ortho intramolecular Hbond substituents is 1. The summed E-state index contributed by atoms with van der Waals surface area (Å²) >= 11 is 0. The molecule has 0 aliphatic carbocycles. The van der Waals surface area contributed by atoms with Crippen molar-refractivity contribution in [3.63, 3.8) is 0 Å². The van der Waals surface area contributed by atoms with E-state index in [-0.39, 0.29) is 23.6 Å². The number of nitrogens with zero attached hydrogens (tertiary/aromatic N) is 2. The van der Waals surface area contributed by atoms with Gasteiger partial charge in [-0.1, -0.05) is 6.07 Å². The van der Waals surface area contributed by atoms with Gasteiger partial charge >= 0.3 is 5.97 Å². The Morgan fingerprint density at radius 1 is 1.24 bits per heavy atom. The van der Waals surface area contributed by atoms with Gasteiger partial charge in [-0.25, -0.2) is 0 Å². The van der Waals surface area contributed by atoms with Gasteiger partial charge in [0, 0.05) is 13.1 Å². The van der Waals surface area contributed by atoms with E-state index in [9.17, 15) is 14.7 Å². The van der Waals surface area contributed by atoms with Crippen LogP contribution in [-0.2, 0) is 4.79 Å². The predicted molar refractivity (Wildman–Crippen MR) is 76.8 cm³/mol. The monoisotopic (exact) mass is 296 g/mol. The number of carbonyl (C=O) groups excluding carboxylic acids is 1. The summed E-state index contributed by atoms with van der Waals surface area (Å²) in [5.41, 5.74) is 0.0226. The molecule has 21 heavy (non-hydrogen) atoms. The smallest absolute Gasteiger partial charge is 0.323 e. The molecule has 1 aromatic carbocycles. The largest absolute Gasteiger partial charge is 0.504 e. The molecular formula is C14H20N2O5. The number of para-hydroxylation sites is 1. The van der Waals surface area contributed by atoms with Gasteiger partial charge in [0.1, 0.15) is 6.54 Å². The molecule has 0 radical (unpaired) electrons. The van der Waals surface area contributed by atoms with Crippen LogP contribution < -0.4 is 4.74 Å². The Hall–Kier alpha value is -2.28. The van der Waals surface area contributed by atoms with Gasteiger partial charge in [-0.3, -0.25) is 9.59 Å². The Balaban J connectivity index is 3.01. The molecule has 2 N–H and O–H groups in total. The maximum absolute atomic E-state index is 12.4. The number of amides is 1. The summed E-state index contributed by atoms with van der Waals surface area (Å²) < 4.78 is 4.95. The Morgan fingerprint density at radius 3 is 2.43 bits per heavy atom. The van der Waals surface area contributed by atoms with Crippen LogP contribution in [-0.4, -0.2) is 72.7 Å². The number of rotatable bonds is 7. The van der Waals surface area contributed by atoms with Crippen LogP contribution in [0.15, 0.2) is 18.2 Å². The summed E-state index contributed by atoms with van der Waals surface area (Å²) in [6, 6.07) is 4.52. The Morgan fingerprint density at radius 2 is 1.90 bits per heavy atom. The van der Waals surface area contributed by atoms with Crippen LogP contribution in [0.3, 0.4) is 0 Å². The minimum atomic E-state index is -1.11. The molecule has 0 aliphatic heterocycles. The molecule has 7 nitrogen and oxygen atoms in total. The maximum atomic E-state index is 12.4. The van der Waals surface area contributed by atoms with E-state index in [0.29, 0.717) is 6.54 Å². The summed E-state index contributed by atoms with van der Waals surface area (Å²) in [7, 11) is 5.03. The second-order valence-corrected chi connectivity index (χ2v) is 4.78. The standard InChI is InChI=1S/C14H20N2O5/c1-15(2)7-8-16(9-12(17)18)14(20)10-5-4-6-11(21-3)13(10)19/h4-6,19H,7-9H2,1-3H3,(H,17,18). The van der Waals surface area contributed by atoms with Crippen LogP contribution >= 0.6 is 0 Å². The van der Waals surface area contributed by atoms with Gasteiger partial charge in [-0.15, -0.1) is 0 Å². The van der Waals surface area contributed by atoms with E-state index in [1.807, 2.05) is 19.0 Å². The molecule has 1 aromatic rings. The van der Waals surface area contributed by atoms with Gasteiger partial charge in [0.25, 0.3) is 5.91 Å². The molecule has 0 aromatic heterocycles. The van der Waals surface area contributed by atoms with Crippen molar-refractivity contribution in [2.45, 2.75) is 0 Å². The third kappa shape index (κ3) is 4.64. The number of aromatic hydroxyl groups is 1. The molecule has 0 heterocycles. The molecule has 0 atom stereocenters. The number of ether oxygens (including phenoxy) is 1. The number of hydrogen-bond donors (Lipinski definition) is 2. The van der Waals surface area contributed by atoms with E-state index < -0.39 is 18.4 Å². The first kappa shape index (κ1) is 16.8. The molecular weight excluding hydrogens is 276 g/mol. The minimum absolute atomic E-state index is 0.0226. The molecule has 0 fully saturated rings. The quantitative estimate of drug-likeness (QED) is 0.761. The maximum Gasteiger partial charge on any atom is 0.323 e. The van der Waals surface area contributed by atoms with Crippen molar-refractivity contribution in [2.24, 2.45) is 0 Å². The van der Waals surface area contributed by atoms with E-state index in [1.54, 1.807) is 6.07 Å². The average molecular weight is 296 g/mol. The van der Waals surface area contributed by atoms with Gasteiger partial charge in [0.15, 0.2) is 11.5 Å². The lowest BCUT2D eigenvalue weighted by molar-refractivity contribution is -0.137. The van der Waals surface area contributed by atoms with E-state index in [0.717, 1.165) is 0 Å². The molecule has 1 amide bonds. The number of aliphatic carboxylic acids is 1. The number of methoxy groups -OCH3 is 1. The second-order valence-electron chi connectivity index (χ2n) is 4.78. The molecule has 7 heteroatoms. The van der Waals surface area contributed by atoms with Crippen molar-refractivity contribution in [2.75, 3.05) is 40.8 Å². The molecule has 0 spiro atoms.